The van der Waals surface area contributed by atoms with Crippen LogP contribution in [0.3, 0.4) is 0 Å². The molecular formula is C15H21F2N. The first-order valence-corrected chi connectivity index (χ1v) is 6.69. The van der Waals surface area contributed by atoms with E-state index < -0.39 is 11.6 Å². The molecule has 1 fully saturated rings. The van der Waals surface area contributed by atoms with Crippen molar-refractivity contribution < 1.29 is 8.78 Å². The molecule has 0 radical (unpaired) electrons. The summed E-state index contributed by atoms with van der Waals surface area (Å²) in [7, 11) is 0. The Morgan fingerprint density at radius 1 is 1.11 bits per heavy atom. The van der Waals surface area contributed by atoms with Gasteiger partial charge in [-0.1, -0.05) is 26.3 Å². The van der Waals surface area contributed by atoms with Crippen LogP contribution in [0.25, 0.3) is 0 Å². The van der Waals surface area contributed by atoms with E-state index in [0.29, 0.717) is 17.4 Å². The summed E-state index contributed by atoms with van der Waals surface area (Å²) in [6, 6.07) is 3.82. The smallest absolute Gasteiger partial charge is 0.159 e. The highest BCUT2D eigenvalue weighted by atomic mass is 19.2. The van der Waals surface area contributed by atoms with E-state index in [1.165, 1.54) is 18.6 Å². The lowest BCUT2D eigenvalue weighted by atomic mass is 9.72. The molecule has 0 spiro atoms. The number of benzene rings is 1. The lowest BCUT2D eigenvalue weighted by molar-refractivity contribution is 0.186. The number of nitrogens with two attached hydrogens (primary N) is 1. The normalized spacial score (nSPS) is 30.2. The Morgan fingerprint density at radius 3 is 2.44 bits per heavy atom. The maximum atomic E-state index is 13.2. The van der Waals surface area contributed by atoms with E-state index in [2.05, 4.69) is 13.8 Å². The topological polar surface area (TPSA) is 26.0 Å². The van der Waals surface area contributed by atoms with Gasteiger partial charge in [0.1, 0.15) is 0 Å². The second kappa shape index (κ2) is 5.35. The van der Waals surface area contributed by atoms with Gasteiger partial charge >= 0.3 is 0 Å². The van der Waals surface area contributed by atoms with E-state index in [4.69, 9.17) is 5.73 Å². The Hall–Kier alpha value is -0.960. The Bertz CT molecular complexity index is 419. The second-order valence-corrected chi connectivity index (χ2v) is 5.73. The fraction of sp³-hybridized carbons (Fsp3) is 0.600. The summed E-state index contributed by atoms with van der Waals surface area (Å²) in [5, 5.41) is 0. The predicted molar refractivity (Wildman–Crippen MR) is 69.0 cm³/mol. The van der Waals surface area contributed by atoms with Crippen LogP contribution in [0.5, 0.6) is 0 Å². The number of hydrogen-bond acceptors (Lipinski definition) is 1. The quantitative estimate of drug-likeness (QED) is 0.845. The van der Waals surface area contributed by atoms with E-state index in [1.54, 1.807) is 6.07 Å². The van der Waals surface area contributed by atoms with Crippen molar-refractivity contribution in [2.45, 2.75) is 39.2 Å². The zero-order valence-corrected chi connectivity index (χ0v) is 11.0. The van der Waals surface area contributed by atoms with Crippen molar-refractivity contribution in [3.8, 4) is 0 Å². The first-order valence-electron chi connectivity index (χ1n) is 6.69. The molecule has 2 N–H and O–H groups in total. The van der Waals surface area contributed by atoms with Gasteiger partial charge in [-0.2, -0.15) is 0 Å². The van der Waals surface area contributed by atoms with Crippen LogP contribution in [0.1, 0.15) is 44.7 Å². The van der Waals surface area contributed by atoms with Crippen molar-refractivity contribution in [3.05, 3.63) is 35.4 Å². The van der Waals surface area contributed by atoms with Gasteiger partial charge in [0.05, 0.1) is 0 Å². The summed E-state index contributed by atoms with van der Waals surface area (Å²) in [6.07, 6.45) is 3.32. The summed E-state index contributed by atoms with van der Waals surface area (Å²) in [6.45, 7) is 4.51. The molecule has 18 heavy (non-hydrogen) atoms. The molecule has 1 nitrogen and oxygen atoms in total. The maximum Gasteiger partial charge on any atom is 0.159 e. The van der Waals surface area contributed by atoms with E-state index >= 15 is 0 Å². The number of halogens is 2. The Balaban J connectivity index is 2.11. The monoisotopic (exact) mass is 253 g/mol. The van der Waals surface area contributed by atoms with Crippen LogP contribution in [0, 0.1) is 29.4 Å². The average Bonchev–Trinajstić information content (AvgIpc) is 2.35. The Morgan fingerprint density at radius 2 is 1.83 bits per heavy atom. The molecular weight excluding hydrogens is 232 g/mol. The van der Waals surface area contributed by atoms with E-state index in [9.17, 15) is 8.78 Å². The van der Waals surface area contributed by atoms with Gasteiger partial charge in [0.15, 0.2) is 11.6 Å². The molecule has 1 saturated carbocycles. The standard InChI is InChI=1S/C15H21F2N/c1-9-3-4-11(7-10(9)2)15(18)12-5-6-13(16)14(17)8-12/h5-6,8-11,15H,3-4,7,18H2,1-2H3. The van der Waals surface area contributed by atoms with Crippen LogP contribution in [-0.4, -0.2) is 0 Å². The molecule has 0 heterocycles. The highest BCUT2D eigenvalue weighted by Gasteiger charge is 2.29. The van der Waals surface area contributed by atoms with Crippen molar-refractivity contribution in [1.82, 2.24) is 0 Å². The molecule has 0 aromatic heterocycles. The van der Waals surface area contributed by atoms with Crippen LogP contribution < -0.4 is 5.73 Å². The molecule has 0 amide bonds. The third kappa shape index (κ3) is 2.72. The minimum Gasteiger partial charge on any atom is -0.324 e. The molecule has 4 atom stereocenters. The lowest BCUT2D eigenvalue weighted by Crippen LogP contribution is -2.29. The molecule has 0 aliphatic heterocycles. The Kier molecular flexibility index (Phi) is 4.00. The highest BCUT2D eigenvalue weighted by Crippen LogP contribution is 2.38. The zero-order chi connectivity index (χ0) is 13.3. The van der Waals surface area contributed by atoms with Gasteiger partial charge in [-0.25, -0.2) is 8.78 Å². The number of rotatable bonds is 2. The summed E-state index contributed by atoms with van der Waals surface area (Å²) in [5.74, 6) is 0.149. The third-order valence-corrected chi connectivity index (χ3v) is 4.48. The van der Waals surface area contributed by atoms with Crippen molar-refractivity contribution in [3.63, 3.8) is 0 Å². The molecule has 0 bridgehead atoms. The zero-order valence-electron chi connectivity index (χ0n) is 11.0. The largest absolute Gasteiger partial charge is 0.324 e. The fourth-order valence-corrected chi connectivity index (χ4v) is 2.91. The summed E-state index contributed by atoms with van der Waals surface area (Å²) in [5.41, 5.74) is 6.92. The van der Waals surface area contributed by atoms with Crippen LogP contribution >= 0.6 is 0 Å². The molecule has 100 valence electrons. The fourth-order valence-electron chi connectivity index (χ4n) is 2.91. The SMILES string of the molecule is CC1CCC(C(N)c2ccc(F)c(F)c2)CC1C. The van der Waals surface area contributed by atoms with E-state index in [1.807, 2.05) is 0 Å². The summed E-state index contributed by atoms with van der Waals surface area (Å²) < 4.78 is 26.1. The van der Waals surface area contributed by atoms with Gasteiger partial charge < -0.3 is 5.73 Å². The van der Waals surface area contributed by atoms with Gasteiger partial charge in [-0.05, 0) is 48.3 Å². The number of hydrogen-bond donors (Lipinski definition) is 1. The van der Waals surface area contributed by atoms with Crippen LogP contribution in [0.2, 0.25) is 0 Å². The predicted octanol–water partition coefficient (Wildman–Crippen LogP) is 4.04. The molecule has 1 aliphatic rings. The summed E-state index contributed by atoms with van der Waals surface area (Å²) in [4.78, 5) is 0. The minimum absolute atomic E-state index is 0.185. The first-order chi connectivity index (χ1) is 8.49. The highest BCUT2D eigenvalue weighted by molar-refractivity contribution is 5.21. The van der Waals surface area contributed by atoms with Crippen molar-refractivity contribution in [1.29, 1.82) is 0 Å². The molecule has 0 saturated heterocycles. The minimum atomic E-state index is -0.809. The van der Waals surface area contributed by atoms with Crippen LogP contribution in [0.15, 0.2) is 18.2 Å². The van der Waals surface area contributed by atoms with Crippen molar-refractivity contribution >= 4 is 0 Å². The molecule has 4 unspecified atom stereocenters. The maximum absolute atomic E-state index is 13.2. The molecule has 1 aromatic carbocycles. The van der Waals surface area contributed by atoms with Gasteiger partial charge in [-0.3, -0.25) is 0 Å². The Labute approximate surface area is 107 Å². The van der Waals surface area contributed by atoms with Gasteiger partial charge in [0.2, 0.25) is 0 Å². The van der Waals surface area contributed by atoms with Crippen LogP contribution in [-0.2, 0) is 0 Å². The van der Waals surface area contributed by atoms with E-state index in [-0.39, 0.29) is 6.04 Å². The van der Waals surface area contributed by atoms with Crippen molar-refractivity contribution in [2.24, 2.45) is 23.5 Å². The molecule has 1 aliphatic carbocycles. The third-order valence-electron chi connectivity index (χ3n) is 4.48. The van der Waals surface area contributed by atoms with Gasteiger partial charge in [0.25, 0.3) is 0 Å². The average molecular weight is 253 g/mol. The first kappa shape index (κ1) is 13.5. The van der Waals surface area contributed by atoms with Gasteiger partial charge in [0, 0.05) is 6.04 Å². The summed E-state index contributed by atoms with van der Waals surface area (Å²) >= 11 is 0. The van der Waals surface area contributed by atoms with Crippen molar-refractivity contribution in [2.75, 3.05) is 0 Å². The van der Waals surface area contributed by atoms with Crippen LogP contribution in [0.4, 0.5) is 8.78 Å². The second-order valence-electron chi connectivity index (χ2n) is 5.73. The molecule has 3 heteroatoms. The van der Waals surface area contributed by atoms with E-state index in [0.717, 1.165) is 18.8 Å². The lowest BCUT2D eigenvalue weighted by Gasteiger charge is -2.35. The molecule has 1 aromatic rings. The molecule has 2 rings (SSSR count). The van der Waals surface area contributed by atoms with Gasteiger partial charge in [-0.15, -0.1) is 0 Å².